The van der Waals surface area contributed by atoms with Crippen LogP contribution >= 0.6 is 0 Å². The van der Waals surface area contributed by atoms with Crippen LogP contribution in [0.25, 0.3) is 0 Å². The summed E-state index contributed by atoms with van der Waals surface area (Å²) in [6, 6.07) is 0. The Morgan fingerprint density at radius 2 is 2.25 bits per heavy atom. The third-order valence-electron chi connectivity index (χ3n) is 2.19. The zero-order valence-electron chi connectivity index (χ0n) is 8.05. The van der Waals surface area contributed by atoms with Gasteiger partial charge in [-0.05, 0) is 19.2 Å². The highest BCUT2D eigenvalue weighted by molar-refractivity contribution is 6.44. The molecule has 0 aromatic rings. The second kappa shape index (κ2) is 6.50. The fraction of sp³-hybridized carbons (Fsp3) is 1.00. The summed E-state index contributed by atoms with van der Waals surface area (Å²) in [5, 5.41) is 0. The molecule has 0 spiro atoms. The molecule has 1 saturated heterocycles. The summed E-state index contributed by atoms with van der Waals surface area (Å²) < 4.78 is 11.0. The summed E-state index contributed by atoms with van der Waals surface area (Å²) in [6.45, 7) is 3.97. The lowest BCUT2D eigenvalue weighted by atomic mass is 9.80. The van der Waals surface area contributed by atoms with Crippen LogP contribution in [0.2, 0.25) is 6.32 Å². The Labute approximate surface area is 75.8 Å². The van der Waals surface area contributed by atoms with Crippen LogP contribution in [0.15, 0.2) is 0 Å². The molecule has 1 heterocycles. The highest BCUT2D eigenvalue weighted by atomic mass is 16.6. The number of rotatable bonds is 5. The molecule has 0 radical (unpaired) electrons. The molecule has 0 N–H and O–H groups in total. The molecule has 1 aliphatic heterocycles. The van der Waals surface area contributed by atoms with Gasteiger partial charge in [-0.2, -0.15) is 0 Å². The molecule has 0 saturated carbocycles. The van der Waals surface area contributed by atoms with Gasteiger partial charge in [0.2, 0.25) is 0 Å². The highest BCUT2D eigenvalue weighted by Gasteiger charge is 2.20. The lowest BCUT2D eigenvalue weighted by Crippen LogP contribution is -2.27. The molecule has 1 aliphatic rings. The Hall–Kier alpha value is -0.0151. The number of unbranched alkanes of at least 4 members (excludes halogenated alkanes) is 2. The molecule has 2 nitrogen and oxygen atoms in total. The smallest absolute Gasteiger partial charge is 0.411 e. The summed E-state index contributed by atoms with van der Waals surface area (Å²) >= 11 is 0. The van der Waals surface area contributed by atoms with Crippen molar-refractivity contribution in [1.82, 2.24) is 0 Å². The third-order valence-corrected chi connectivity index (χ3v) is 2.19. The molecule has 0 atom stereocenters. The van der Waals surface area contributed by atoms with Crippen molar-refractivity contribution in [3.05, 3.63) is 0 Å². The van der Waals surface area contributed by atoms with E-state index in [1.165, 1.54) is 32.1 Å². The minimum absolute atomic E-state index is 0.107. The lowest BCUT2D eigenvalue weighted by molar-refractivity contribution is 0.175. The molecule has 12 heavy (non-hydrogen) atoms. The molecule has 3 heteroatoms. The Bertz CT molecular complexity index is 103. The van der Waals surface area contributed by atoms with Crippen molar-refractivity contribution in [2.24, 2.45) is 0 Å². The van der Waals surface area contributed by atoms with Gasteiger partial charge < -0.3 is 9.31 Å². The molecule has 1 rings (SSSR count). The molecule has 70 valence electrons. The van der Waals surface area contributed by atoms with Crippen LogP contribution in [-0.2, 0) is 9.31 Å². The van der Waals surface area contributed by atoms with Gasteiger partial charge in [-0.15, -0.1) is 0 Å². The van der Waals surface area contributed by atoms with E-state index in [0.29, 0.717) is 0 Å². The minimum atomic E-state index is 0.107. The van der Waals surface area contributed by atoms with Crippen LogP contribution in [0.3, 0.4) is 0 Å². The van der Waals surface area contributed by atoms with Gasteiger partial charge in [0.25, 0.3) is 0 Å². The van der Waals surface area contributed by atoms with Crippen LogP contribution in [-0.4, -0.2) is 20.3 Å². The van der Waals surface area contributed by atoms with E-state index < -0.39 is 0 Å². The first-order valence-corrected chi connectivity index (χ1v) is 5.16. The SMILES string of the molecule is CCCCCOB1CCCCO1. The van der Waals surface area contributed by atoms with Crippen molar-refractivity contribution in [3.63, 3.8) is 0 Å². The largest absolute Gasteiger partial charge is 0.456 e. The van der Waals surface area contributed by atoms with Crippen LogP contribution in [0, 0.1) is 0 Å². The zero-order valence-corrected chi connectivity index (χ0v) is 8.05. The summed E-state index contributed by atoms with van der Waals surface area (Å²) in [6.07, 6.45) is 7.26. The Morgan fingerprint density at radius 1 is 1.33 bits per heavy atom. The van der Waals surface area contributed by atoms with Crippen molar-refractivity contribution < 1.29 is 9.31 Å². The van der Waals surface area contributed by atoms with Crippen LogP contribution in [0.4, 0.5) is 0 Å². The average molecular weight is 170 g/mol. The molecule has 0 aromatic carbocycles. The first-order chi connectivity index (χ1) is 5.93. The minimum Gasteiger partial charge on any atom is -0.411 e. The molecule has 0 amide bonds. The maximum absolute atomic E-state index is 5.56. The standard InChI is InChI=1S/C9H19BO2/c1-2-3-5-8-11-10-7-4-6-9-12-10/h2-9H2,1H3. The molecule has 1 fully saturated rings. The van der Waals surface area contributed by atoms with Crippen molar-refractivity contribution >= 4 is 7.12 Å². The second-order valence-electron chi connectivity index (χ2n) is 3.37. The molecule has 0 aliphatic carbocycles. The summed E-state index contributed by atoms with van der Waals surface area (Å²) in [5.74, 6) is 0. The van der Waals surface area contributed by atoms with Gasteiger partial charge >= 0.3 is 7.12 Å². The topological polar surface area (TPSA) is 18.5 Å². The first-order valence-electron chi connectivity index (χ1n) is 5.16. The molecule has 0 bridgehead atoms. The van der Waals surface area contributed by atoms with Gasteiger partial charge in [0, 0.05) is 13.2 Å². The highest BCUT2D eigenvalue weighted by Crippen LogP contribution is 2.11. The van der Waals surface area contributed by atoms with E-state index in [9.17, 15) is 0 Å². The number of hydrogen-bond acceptors (Lipinski definition) is 2. The summed E-state index contributed by atoms with van der Waals surface area (Å²) in [7, 11) is 0.107. The second-order valence-corrected chi connectivity index (χ2v) is 3.37. The van der Waals surface area contributed by atoms with Crippen molar-refractivity contribution in [2.45, 2.75) is 45.3 Å². The van der Waals surface area contributed by atoms with Crippen molar-refractivity contribution in [1.29, 1.82) is 0 Å². The summed E-state index contributed by atoms with van der Waals surface area (Å²) in [4.78, 5) is 0. The quantitative estimate of drug-likeness (QED) is 0.466. The van der Waals surface area contributed by atoms with E-state index in [1.807, 2.05) is 0 Å². The fourth-order valence-corrected chi connectivity index (χ4v) is 1.41. The van der Waals surface area contributed by atoms with Gasteiger partial charge in [0.15, 0.2) is 0 Å². The van der Waals surface area contributed by atoms with E-state index >= 15 is 0 Å². The third kappa shape index (κ3) is 4.12. The van der Waals surface area contributed by atoms with Crippen LogP contribution in [0.5, 0.6) is 0 Å². The van der Waals surface area contributed by atoms with E-state index in [1.54, 1.807) is 0 Å². The Kier molecular flexibility index (Phi) is 5.45. The predicted molar refractivity (Wildman–Crippen MR) is 51.2 cm³/mol. The first kappa shape index (κ1) is 10.1. The molecule has 0 unspecified atom stereocenters. The van der Waals surface area contributed by atoms with Gasteiger partial charge in [-0.25, -0.2) is 0 Å². The molecular weight excluding hydrogens is 151 g/mol. The maximum Gasteiger partial charge on any atom is 0.456 e. The van der Waals surface area contributed by atoms with Gasteiger partial charge in [-0.1, -0.05) is 26.2 Å². The summed E-state index contributed by atoms with van der Waals surface area (Å²) in [5.41, 5.74) is 0. The van der Waals surface area contributed by atoms with Gasteiger partial charge in [0.05, 0.1) is 0 Å². The monoisotopic (exact) mass is 170 g/mol. The van der Waals surface area contributed by atoms with Crippen molar-refractivity contribution in [3.8, 4) is 0 Å². The van der Waals surface area contributed by atoms with Crippen molar-refractivity contribution in [2.75, 3.05) is 13.2 Å². The van der Waals surface area contributed by atoms with E-state index in [-0.39, 0.29) is 7.12 Å². The molecule has 0 aromatic heterocycles. The normalized spacial score (nSPS) is 18.2. The van der Waals surface area contributed by atoms with Crippen LogP contribution < -0.4 is 0 Å². The average Bonchev–Trinajstić information content (AvgIpc) is 2.14. The van der Waals surface area contributed by atoms with E-state index in [2.05, 4.69) is 6.92 Å². The van der Waals surface area contributed by atoms with E-state index in [4.69, 9.17) is 9.31 Å². The number of hydrogen-bond donors (Lipinski definition) is 0. The fourth-order valence-electron chi connectivity index (χ4n) is 1.41. The lowest BCUT2D eigenvalue weighted by Gasteiger charge is -2.18. The van der Waals surface area contributed by atoms with E-state index in [0.717, 1.165) is 19.5 Å². The van der Waals surface area contributed by atoms with Gasteiger partial charge in [0.1, 0.15) is 0 Å². The zero-order chi connectivity index (χ0) is 8.65. The van der Waals surface area contributed by atoms with Gasteiger partial charge in [-0.3, -0.25) is 0 Å². The Morgan fingerprint density at radius 3 is 2.92 bits per heavy atom. The predicted octanol–water partition coefficient (Wildman–Crippen LogP) is 2.49. The molecular formula is C9H19BO2. The maximum atomic E-state index is 5.56. The van der Waals surface area contributed by atoms with Crippen LogP contribution in [0.1, 0.15) is 39.0 Å². The Balaban J connectivity index is 1.91.